The van der Waals surface area contributed by atoms with Crippen LogP contribution in [0.5, 0.6) is 0 Å². The third-order valence-corrected chi connectivity index (χ3v) is 3.35. The van der Waals surface area contributed by atoms with Gasteiger partial charge in [0, 0.05) is 29.7 Å². The second-order valence-electron chi connectivity index (χ2n) is 7.13. The molecular weight excluding hydrogens is 264 g/mol. The van der Waals surface area contributed by atoms with Crippen molar-refractivity contribution < 1.29 is 5.11 Å². The molecule has 0 saturated carbocycles. The first-order valence-corrected chi connectivity index (χ1v) is 7.62. The summed E-state index contributed by atoms with van der Waals surface area (Å²) in [5.74, 6) is 2.52. The molecule has 0 unspecified atom stereocenters. The largest absolute Gasteiger partial charge is 0.396 e. The van der Waals surface area contributed by atoms with Crippen molar-refractivity contribution in [1.29, 1.82) is 0 Å². The standard InChI is InChI=1S/C16H30N4O/c1-8-17-12-11(2)13(20-16(6,7)9-10-21)19-14(18-12)15(3,4)5/h21H,8-10H2,1-7H3,(H2,17,18,19,20). The van der Waals surface area contributed by atoms with Crippen molar-refractivity contribution in [2.75, 3.05) is 23.8 Å². The van der Waals surface area contributed by atoms with Gasteiger partial charge in [-0.1, -0.05) is 20.8 Å². The Kier molecular flexibility index (Phi) is 5.56. The molecule has 0 aliphatic heterocycles. The summed E-state index contributed by atoms with van der Waals surface area (Å²) in [5, 5.41) is 15.9. The summed E-state index contributed by atoms with van der Waals surface area (Å²) in [5.41, 5.74) is 0.679. The van der Waals surface area contributed by atoms with Gasteiger partial charge in [-0.3, -0.25) is 0 Å². The quantitative estimate of drug-likeness (QED) is 0.752. The Bertz CT molecular complexity index is 478. The van der Waals surface area contributed by atoms with Gasteiger partial charge in [0.1, 0.15) is 17.5 Å². The van der Waals surface area contributed by atoms with E-state index in [0.29, 0.717) is 6.42 Å². The van der Waals surface area contributed by atoms with Gasteiger partial charge in [0.05, 0.1) is 0 Å². The van der Waals surface area contributed by atoms with Crippen LogP contribution in [0.2, 0.25) is 0 Å². The Labute approximate surface area is 128 Å². The maximum absolute atomic E-state index is 9.19. The molecule has 0 aromatic carbocycles. The number of aliphatic hydroxyl groups is 1. The molecule has 21 heavy (non-hydrogen) atoms. The first-order valence-electron chi connectivity index (χ1n) is 7.62. The van der Waals surface area contributed by atoms with Crippen molar-refractivity contribution in [3.8, 4) is 0 Å². The monoisotopic (exact) mass is 294 g/mol. The lowest BCUT2D eigenvalue weighted by molar-refractivity contribution is 0.260. The summed E-state index contributed by atoms with van der Waals surface area (Å²) >= 11 is 0. The van der Waals surface area contributed by atoms with E-state index in [0.717, 1.165) is 29.6 Å². The van der Waals surface area contributed by atoms with Gasteiger partial charge in [-0.05, 0) is 34.1 Å². The predicted molar refractivity (Wildman–Crippen MR) is 89.0 cm³/mol. The molecule has 1 heterocycles. The fraction of sp³-hybridized carbons (Fsp3) is 0.750. The Hall–Kier alpha value is -1.36. The lowest BCUT2D eigenvalue weighted by Gasteiger charge is -2.29. The van der Waals surface area contributed by atoms with Crippen molar-refractivity contribution in [3.63, 3.8) is 0 Å². The highest BCUT2D eigenvalue weighted by Gasteiger charge is 2.24. The highest BCUT2D eigenvalue weighted by atomic mass is 16.3. The third kappa shape index (κ3) is 4.84. The smallest absolute Gasteiger partial charge is 0.138 e. The van der Waals surface area contributed by atoms with Gasteiger partial charge in [0.25, 0.3) is 0 Å². The van der Waals surface area contributed by atoms with E-state index < -0.39 is 0 Å². The van der Waals surface area contributed by atoms with Gasteiger partial charge in [-0.25, -0.2) is 9.97 Å². The SMILES string of the molecule is CCNc1nc(C(C)(C)C)nc(NC(C)(C)CCO)c1C. The Morgan fingerprint density at radius 2 is 1.62 bits per heavy atom. The van der Waals surface area contributed by atoms with Crippen molar-refractivity contribution in [2.45, 2.75) is 65.8 Å². The Morgan fingerprint density at radius 1 is 1.05 bits per heavy atom. The summed E-state index contributed by atoms with van der Waals surface area (Å²) in [4.78, 5) is 9.37. The minimum Gasteiger partial charge on any atom is -0.396 e. The molecule has 0 radical (unpaired) electrons. The third-order valence-electron chi connectivity index (χ3n) is 3.35. The second kappa shape index (κ2) is 6.60. The summed E-state index contributed by atoms with van der Waals surface area (Å²) in [7, 11) is 0. The minimum absolute atomic E-state index is 0.116. The van der Waals surface area contributed by atoms with E-state index in [1.165, 1.54) is 0 Å². The van der Waals surface area contributed by atoms with E-state index in [4.69, 9.17) is 4.98 Å². The van der Waals surface area contributed by atoms with E-state index in [2.05, 4.69) is 57.2 Å². The summed E-state index contributed by atoms with van der Waals surface area (Å²) in [6.45, 7) is 15.5. The first-order chi connectivity index (χ1) is 9.60. The van der Waals surface area contributed by atoms with Crippen molar-refractivity contribution in [1.82, 2.24) is 9.97 Å². The molecule has 0 amide bonds. The van der Waals surface area contributed by atoms with Gasteiger partial charge in [0.2, 0.25) is 0 Å². The Morgan fingerprint density at radius 3 is 2.10 bits per heavy atom. The van der Waals surface area contributed by atoms with E-state index >= 15 is 0 Å². The van der Waals surface area contributed by atoms with Crippen molar-refractivity contribution in [2.24, 2.45) is 0 Å². The van der Waals surface area contributed by atoms with E-state index in [9.17, 15) is 5.11 Å². The Balaban J connectivity index is 3.26. The van der Waals surface area contributed by atoms with Crippen LogP contribution in [0.3, 0.4) is 0 Å². The van der Waals surface area contributed by atoms with Crippen LogP contribution in [0.25, 0.3) is 0 Å². The number of anilines is 2. The maximum atomic E-state index is 9.19. The summed E-state index contributed by atoms with van der Waals surface area (Å²) in [6.07, 6.45) is 0.665. The number of nitrogens with zero attached hydrogens (tertiary/aromatic N) is 2. The number of hydrogen-bond donors (Lipinski definition) is 3. The van der Waals surface area contributed by atoms with Crippen molar-refractivity contribution in [3.05, 3.63) is 11.4 Å². The minimum atomic E-state index is -0.216. The second-order valence-corrected chi connectivity index (χ2v) is 7.13. The maximum Gasteiger partial charge on any atom is 0.138 e. The molecule has 1 aromatic heterocycles. The van der Waals surface area contributed by atoms with Crippen molar-refractivity contribution >= 4 is 11.6 Å². The lowest BCUT2D eigenvalue weighted by Crippen LogP contribution is -2.33. The molecule has 1 aromatic rings. The van der Waals surface area contributed by atoms with Gasteiger partial charge >= 0.3 is 0 Å². The molecule has 5 heteroatoms. The van der Waals surface area contributed by atoms with E-state index in [1.54, 1.807) is 0 Å². The fourth-order valence-electron chi connectivity index (χ4n) is 1.98. The van der Waals surface area contributed by atoms with Crippen LogP contribution in [0.1, 0.15) is 59.4 Å². The van der Waals surface area contributed by atoms with Crippen LogP contribution in [-0.2, 0) is 5.41 Å². The highest BCUT2D eigenvalue weighted by molar-refractivity contribution is 5.58. The van der Waals surface area contributed by atoms with Crippen LogP contribution < -0.4 is 10.6 Å². The molecular formula is C16H30N4O. The fourth-order valence-corrected chi connectivity index (χ4v) is 1.98. The highest BCUT2D eigenvalue weighted by Crippen LogP contribution is 2.28. The van der Waals surface area contributed by atoms with E-state index in [-0.39, 0.29) is 17.6 Å². The number of nitrogens with one attached hydrogen (secondary N) is 2. The molecule has 3 N–H and O–H groups in total. The molecule has 0 aliphatic carbocycles. The average molecular weight is 294 g/mol. The molecule has 0 saturated heterocycles. The van der Waals surface area contributed by atoms with Crippen LogP contribution in [-0.4, -0.2) is 33.8 Å². The number of rotatable bonds is 6. The average Bonchev–Trinajstić information content (AvgIpc) is 2.32. The van der Waals surface area contributed by atoms with Crippen LogP contribution in [0, 0.1) is 6.92 Å². The van der Waals surface area contributed by atoms with Crippen LogP contribution >= 0.6 is 0 Å². The zero-order chi connectivity index (χ0) is 16.3. The normalized spacial score (nSPS) is 12.4. The zero-order valence-corrected chi connectivity index (χ0v) is 14.5. The molecule has 1 rings (SSSR count). The first kappa shape index (κ1) is 17.7. The van der Waals surface area contributed by atoms with E-state index in [1.807, 2.05) is 6.92 Å². The topological polar surface area (TPSA) is 70.1 Å². The predicted octanol–water partition coefficient (Wildman–Crippen LogP) is 3.09. The van der Waals surface area contributed by atoms with Gasteiger partial charge < -0.3 is 15.7 Å². The van der Waals surface area contributed by atoms with Crippen LogP contribution in [0.4, 0.5) is 11.6 Å². The molecule has 0 fully saturated rings. The molecule has 0 atom stereocenters. The number of hydrogen-bond acceptors (Lipinski definition) is 5. The van der Waals surface area contributed by atoms with Crippen LogP contribution in [0.15, 0.2) is 0 Å². The number of aromatic nitrogens is 2. The molecule has 0 aliphatic rings. The lowest BCUT2D eigenvalue weighted by atomic mass is 9.95. The summed E-state index contributed by atoms with van der Waals surface area (Å²) < 4.78 is 0. The molecule has 5 nitrogen and oxygen atoms in total. The molecule has 0 spiro atoms. The zero-order valence-electron chi connectivity index (χ0n) is 14.5. The number of aliphatic hydroxyl groups excluding tert-OH is 1. The van der Waals surface area contributed by atoms with Gasteiger partial charge in [-0.2, -0.15) is 0 Å². The van der Waals surface area contributed by atoms with Gasteiger partial charge in [0.15, 0.2) is 0 Å². The summed E-state index contributed by atoms with van der Waals surface area (Å²) in [6, 6.07) is 0. The van der Waals surface area contributed by atoms with Gasteiger partial charge in [-0.15, -0.1) is 0 Å². The molecule has 0 bridgehead atoms. The molecule has 120 valence electrons.